The van der Waals surface area contributed by atoms with E-state index in [9.17, 15) is 5.11 Å². The Morgan fingerprint density at radius 1 is 1.43 bits per heavy atom. The summed E-state index contributed by atoms with van der Waals surface area (Å²) in [5.74, 6) is 0. The third-order valence-corrected chi connectivity index (χ3v) is 2.54. The fourth-order valence-electron chi connectivity index (χ4n) is 2.09. The molecule has 0 radical (unpaired) electrons. The molecule has 1 unspecified atom stereocenters. The molecule has 3 nitrogen and oxygen atoms in total. The molecular weight excluding hydrogens is 176 g/mol. The zero-order chi connectivity index (χ0) is 10.8. The van der Waals surface area contributed by atoms with E-state index >= 15 is 0 Å². The van der Waals surface area contributed by atoms with E-state index in [1.165, 1.54) is 0 Å². The van der Waals surface area contributed by atoms with E-state index in [0.29, 0.717) is 6.42 Å². The van der Waals surface area contributed by atoms with Gasteiger partial charge in [0.1, 0.15) is 17.7 Å². The van der Waals surface area contributed by atoms with Crippen molar-refractivity contribution < 1.29 is 5.11 Å². The summed E-state index contributed by atoms with van der Waals surface area (Å²) in [6.45, 7) is 4.09. The summed E-state index contributed by atoms with van der Waals surface area (Å²) in [5.41, 5.74) is 0.974. The van der Waals surface area contributed by atoms with Crippen LogP contribution in [0.2, 0.25) is 0 Å². The van der Waals surface area contributed by atoms with Gasteiger partial charge in [-0.2, -0.15) is 10.5 Å². The smallest absolute Gasteiger partial charge is 0.128 e. The van der Waals surface area contributed by atoms with E-state index in [1.807, 2.05) is 26.0 Å². The minimum Gasteiger partial charge on any atom is -0.393 e. The van der Waals surface area contributed by atoms with Crippen molar-refractivity contribution in [2.24, 2.45) is 5.41 Å². The summed E-state index contributed by atoms with van der Waals surface area (Å²) < 4.78 is 0. The van der Waals surface area contributed by atoms with Crippen LogP contribution in [0.15, 0.2) is 11.1 Å². The quantitative estimate of drug-likeness (QED) is 0.593. The molecule has 1 N–H and O–H groups in total. The number of hydrogen-bond acceptors (Lipinski definition) is 3. The maximum absolute atomic E-state index is 9.60. The number of nitrogens with zero attached hydrogens (tertiary/aromatic N) is 2. The lowest BCUT2D eigenvalue weighted by molar-refractivity contribution is 0.0904. The minimum atomic E-state index is -0.412. The van der Waals surface area contributed by atoms with Crippen LogP contribution in [-0.4, -0.2) is 11.2 Å². The zero-order valence-corrected chi connectivity index (χ0v) is 8.54. The molecule has 14 heavy (non-hydrogen) atoms. The van der Waals surface area contributed by atoms with E-state index in [4.69, 9.17) is 10.5 Å². The standard InChI is InChI=1S/C11H14N2O/c1-11(2)4-8(3-10(14)5-11)9(6-12)7-13/h10,14H,3-5H2,1-2H3. The van der Waals surface area contributed by atoms with Gasteiger partial charge in [-0.25, -0.2) is 0 Å². The summed E-state index contributed by atoms with van der Waals surface area (Å²) in [6, 6.07) is 3.77. The lowest BCUT2D eigenvalue weighted by Crippen LogP contribution is -2.28. The van der Waals surface area contributed by atoms with Gasteiger partial charge < -0.3 is 5.11 Å². The number of aliphatic hydroxyl groups excluding tert-OH is 1. The van der Waals surface area contributed by atoms with Crippen molar-refractivity contribution in [3.05, 3.63) is 11.1 Å². The van der Waals surface area contributed by atoms with Crippen LogP contribution in [0.3, 0.4) is 0 Å². The molecule has 0 saturated heterocycles. The van der Waals surface area contributed by atoms with Crippen molar-refractivity contribution in [3.63, 3.8) is 0 Å². The first kappa shape index (κ1) is 10.8. The lowest BCUT2D eigenvalue weighted by Gasteiger charge is -2.34. The zero-order valence-electron chi connectivity index (χ0n) is 8.54. The first-order valence-corrected chi connectivity index (χ1v) is 4.69. The van der Waals surface area contributed by atoms with Gasteiger partial charge in [-0.05, 0) is 30.3 Å². The first-order chi connectivity index (χ1) is 6.48. The van der Waals surface area contributed by atoms with Crippen LogP contribution in [0.5, 0.6) is 0 Å². The summed E-state index contributed by atoms with van der Waals surface area (Å²) in [6.07, 6.45) is 1.53. The van der Waals surface area contributed by atoms with Crippen molar-refractivity contribution >= 4 is 0 Å². The van der Waals surface area contributed by atoms with E-state index in [0.717, 1.165) is 18.4 Å². The minimum absolute atomic E-state index is 0.00799. The molecule has 0 amide bonds. The number of aliphatic hydroxyl groups is 1. The van der Waals surface area contributed by atoms with Crippen LogP contribution in [0.1, 0.15) is 33.1 Å². The van der Waals surface area contributed by atoms with E-state index < -0.39 is 6.10 Å². The number of hydrogen-bond donors (Lipinski definition) is 1. The molecule has 1 rings (SSSR count). The van der Waals surface area contributed by atoms with Gasteiger partial charge in [0.2, 0.25) is 0 Å². The van der Waals surface area contributed by atoms with Gasteiger partial charge in [0.25, 0.3) is 0 Å². The molecule has 0 aromatic heterocycles. The van der Waals surface area contributed by atoms with Crippen molar-refractivity contribution in [2.75, 3.05) is 0 Å². The third kappa shape index (κ3) is 2.34. The molecule has 0 aromatic carbocycles. The van der Waals surface area contributed by atoms with Crippen LogP contribution in [-0.2, 0) is 0 Å². The van der Waals surface area contributed by atoms with Gasteiger partial charge in [0.15, 0.2) is 0 Å². The molecule has 1 aliphatic rings. The van der Waals surface area contributed by atoms with Gasteiger partial charge >= 0.3 is 0 Å². The molecule has 1 saturated carbocycles. The Labute approximate surface area is 84.3 Å². The summed E-state index contributed by atoms with van der Waals surface area (Å²) in [4.78, 5) is 0. The van der Waals surface area contributed by atoms with E-state index in [2.05, 4.69) is 0 Å². The Kier molecular flexibility index (Phi) is 2.93. The van der Waals surface area contributed by atoms with Crippen molar-refractivity contribution in [2.45, 2.75) is 39.2 Å². The highest BCUT2D eigenvalue weighted by atomic mass is 16.3. The molecule has 1 atom stereocenters. The monoisotopic (exact) mass is 190 g/mol. The molecule has 0 bridgehead atoms. The molecule has 74 valence electrons. The fraction of sp³-hybridized carbons (Fsp3) is 0.636. The molecule has 0 spiro atoms. The topological polar surface area (TPSA) is 67.8 Å². The van der Waals surface area contributed by atoms with E-state index in [-0.39, 0.29) is 11.0 Å². The van der Waals surface area contributed by atoms with Crippen LogP contribution < -0.4 is 0 Å². The second-order valence-corrected chi connectivity index (χ2v) is 4.61. The van der Waals surface area contributed by atoms with Crippen LogP contribution >= 0.6 is 0 Å². The predicted octanol–water partition coefficient (Wildman–Crippen LogP) is 1.90. The molecular formula is C11H14N2O. The van der Waals surface area contributed by atoms with E-state index in [1.54, 1.807) is 0 Å². The number of allylic oxidation sites excluding steroid dienone is 1. The summed E-state index contributed by atoms with van der Waals surface area (Å²) >= 11 is 0. The molecule has 0 aromatic rings. The highest BCUT2D eigenvalue weighted by Gasteiger charge is 2.31. The fourth-order valence-corrected chi connectivity index (χ4v) is 2.09. The first-order valence-electron chi connectivity index (χ1n) is 4.69. The molecule has 1 fully saturated rings. The Morgan fingerprint density at radius 2 is 2.00 bits per heavy atom. The van der Waals surface area contributed by atoms with Gasteiger partial charge in [0, 0.05) is 0 Å². The summed E-state index contributed by atoms with van der Waals surface area (Å²) in [5, 5.41) is 27.0. The maximum atomic E-state index is 9.60. The van der Waals surface area contributed by atoms with Crippen LogP contribution in [0, 0.1) is 28.1 Å². The Balaban J connectivity index is 2.99. The Hall–Kier alpha value is -1.32. The molecule has 1 aliphatic carbocycles. The van der Waals surface area contributed by atoms with Crippen molar-refractivity contribution in [1.29, 1.82) is 10.5 Å². The number of rotatable bonds is 0. The molecule has 0 heterocycles. The largest absolute Gasteiger partial charge is 0.393 e. The Morgan fingerprint density at radius 3 is 2.43 bits per heavy atom. The van der Waals surface area contributed by atoms with Gasteiger partial charge in [-0.3, -0.25) is 0 Å². The Bertz CT molecular complexity index is 325. The van der Waals surface area contributed by atoms with Crippen molar-refractivity contribution in [1.82, 2.24) is 0 Å². The lowest BCUT2D eigenvalue weighted by atomic mass is 9.72. The van der Waals surface area contributed by atoms with Crippen LogP contribution in [0.25, 0.3) is 0 Å². The summed E-state index contributed by atoms with van der Waals surface area (Å²) in [7, 11) is 0. The molecule has 3 heteroatoms. The van der Waals surface area contributed by atoms with Crippen LogP contribution in [0.4, 0.5) is 0 Å². The molecule has 0 aliphatic heterocycles. The second-order valence-electron chi connectivity index (χ2n) is 4.61. The normalized spacial score (nSPS) is 24.9. The van der Waals surface area contributed by atoms with Gasteiger partial charge in [-0.15, -0.1) is 0 Å². The SMILES string of the molecule is CC1(C)CC(=C(C#N)C#N)CC(O)C1. The maximum Gasteiger partial charge on any atom is 0.128 e. The van der Waals surface area contributed by atoms with Crippen molar-refractivity contribution in [3.8, 4) is 12.1 Å². The third-order valence-electron chi connectivity index (χ3n) is 2.54. The average molecular weight is 190 g/mol. The number of nitriles is 2. The van der Waals surface area contributed by atoms with Gasteiger partial charge in [0.05, 0.1) is 6.10 Å². The highest BCUT2D eigenvalue weighted by molar-refractivity contribution is 5.41. The average Bonchev–Trinajstić information content (AvgIpc) is 2.02. The predicted molar refractivity (Wildman–Crippen MR) is 51.9 cm³/mol. The second kappa shape index (κ2) is 3.82. The van der Waals surface area contributed by atoms with Gasteiger partial charge in [-0.1, -0.05) is 13.8 Å². The highest BCUT2D eigenvalue weighted by Crippen LogP contribution is 2.39.